The zero-order valence-electron chi connectivity index (χ0n) is 21.9. The molecule has 0 aliphatic carbocycles. The number of nitrogens with zero attached hydrogens (tertiary/aromatic N) is 3. The van der Waals surface area contributed by atoms with Crippen LogP contribution in [0, 0.1) is 0 Å². The van der Waals surface area contributed by atoms with Gasteiger partial charge in [-0.2, -0.15) is 0 Å². The Hall–Kier alpha value is -4.21. The molecule has 1 amide bonds. The van der Waals surface area contributed by atoms with E-state index in [1.54, 1.807) is 48.5 Å². The van der Waals surface area contributed by atoms with Crippen LogP contribution >= 0.6 is 7.60 Å². The van der Waals surface area contributed by atoms with Crippen molar-refractivity contribution in [3.8, 4) is 22.6 Å². The van der Waals surface area contributed by atoms with Gasteiger partial charge >= 0.3 is 13.7 Å². The van der Waals surface area contributed by atoms with Crippen molar-refractivity contribution in [1.29, 1.82) is 0 Å². The zero-order chi connectivity index (χ0) is 28.5. The van der Waals surface area contributed by atoms with E-state index in [0.717, 1.165) is 5.56 Å². The summed E-state index contributed by atoms with van der Waals surface area (Å²) in [5, 5.41) is 5.91. The lowest BCUT2D eigenvalue weighted by atomic mass is 10.0. The minimum absolute atomic E-state index is 0.185. The summed E-state index contributed by atoms with van der Waals surface area (Å²) in [7, 11) is -3.83. The molecule has 12 nitrogen and oxygen atoms in total. The smallest absolute Gasteiger partial charge is 0.434 e. The van der Waals surface area contributed by atoms with Gasteiger partial charge < -0.3 is 34.3 Å². The first-order valence-electron chi connectivity index (χ1n) is 12.5. The number of azide groups is 1. The average Bonchev–Trinajstić information content (AvgIpc) is 2.95. The van der Waals surface area contributed by atoms with Crippen molar-refractivity contribution in [1.82, 2.24) is 5.32 Å². The van der Waals surface area contributed by atoms with Crippen LogP contribution in [0.5, 0.6) is 11.5 Å². The first-order valence-corrected chi connectivity index (χ1v) is 14.3. The largest absolute Gasteiger partial charge is 0.449 e. The second-order valence-electron chi connectivity index (χ2n) is 8.19. The number of nitrogens with two attached hydrogens (primary N) is 1. The molecule has 0 aliphatic heterocycles. The van der Waals surface area contributed by atoms with Gasteiger partial charge in [-0.25, -0.2) is 9.36 Å². The molecule has 0 heterocycles. The fraction of sp³-hybridized carbons (Fsp3) is 0.296. The van der Waals surface area contributed by atoms with Gasteiger partial charge in [0.15, 0.2) is 0 Å². The van der Waals surface area contributed by atoms with Crippen molar-refractivity contribution >= 4 is 19.4 Å². The van der Waals surface area contributed by atoms with Crippen molar-refractivity contribution < 1.29 is 32.6 Å². The Balaban J connectivity index is 1.52. The summed E-state index contributed by atoms with van der Waals surface area (Å²) >= 11 is 0. The van der Waals surface area contributed by atoms with Gasteiger partial charge in [0, 0.05) is 29.3 Å². The summed E-state index contributed by atoms with van der Waals surface area (Å²) < 4.78 is 41.5. The van der Waals surface area contributed by atoms with Gasteiger partial charge in [-0.3, -0.25) is 0 Å². The van der Waals surface area contributed by atoms with Gasteiger partial charge in [0.2, 0.25) is 0 Å². The van der Waals surface area contributed by atoms with Crippen molar-refractivity contribution in [3.05, 3.63) is 89.3 Å². The number of nitrogen functional groups attached to an aromatic ring is 1. The fourth-order valence-electron chi connectivity index (χ4n) is 3.35. The van der Waals surface area contributed by atoms with Crippen LogP contribution in [0.25, 0.3) is 21.6 Å². The van der Waals surface area contributed by atoms with Gasteiger partial charge in [-0.15, -0.1) is 0 Å². The van der Waals surface area contributed by atoms with Crippen LogP contribution < -0.4 is 20.1 Å². The number of ether oxygens (including phenoxy) is 3. The average molecular weight is 570 g/mol. The Morgan fingerprint density at radius 1 is 0.875 bits per heavy atom. The van der Waals surface area contributed by atoms with Gasteiger partial charge in [0.25, 0.3) is 0 Å². The molecule has 3 aromatic carbocycles. The molecule has 0 aromatic heterocycles. The number of para-hydroxylation sites is 2. The molecule has 0 saturated heterocycles. The maximum Gasteiger partial charge on any atom is 0.434 e. The number of carbonyl (C=O) groups excluding carboxylic acids is 1. The maximum absolute atomic E-state index is 13.9. The quantitative estimate of drug-likeness (QED) is 0.0525. The maximum atomic E-state index is 13.9. The Bertz CT molecular complexity index is 1290. The van der Waals surface area contributed by atoms with E-state index in [2.05, 4.69) is 15.3 Å². The molecule has 212 valence electrons. The SMILES string of the molecule is [N-]=[N+]=NCCOCCOCCNC(=O)OCCP(=O)(Oc1ccccc1)Oc1ccccc1-c1ccc(N)cc1. The predicted molar refractivity (Wildman–Crippen MR) is 151 cm³/mol. The minimum Gasteiger partial charge on any atom is -0.449 e. The lowest BCUT2D eigenvalue weighted by molar-refractivity contribution is 0.0513. The van der Waals surface area contributed by atoms with Crippen LogP contribution in [-0.4, -0.2) is 58.4 Å². The number of anilines is 1. The summed E-state index contributed by atoms with van der Waals surface area (Å²) in [4.78, 5) is 14.7. The number of carbonyl (C=O) groups is 1. The van der Waals surface area contributed by atoms with Crippen molar-refractivity contribution in [2.24, 2.45) is 5.11 Å². The lowest BCUT2D eigenvalue weighted by Crippen LogP contribution is -2.29. The molecule has 0 radical (unpaired) electrons. The van der Waals surface area contributed by atoms with E-state index in [1.165, 1.54) is 0 Å². The van der Waals surface area contributed by atoms with E-state index >= 15 is 0 Å². The number of benzene rings is 3. The second-order valence-corrected chi connectivity index (χ2v) is 10.2. The first-order chi connectivity index (χ1) is 19.5. The van der Waals surface area contributed by atoms with Crippen LogP contribution in [0.4, 0.5) is 10.5 Å². The van der Waals surface area contributed by atoms with E-state index in [4.69, 9.17) is 34.5 Å². The molecule has 1 atom stereocenters. The van der Waals surface area contributed by atoms with Gasteiger partial charge in [-0.1, -0.05) is 53.6 Å². The van der Waals surface area contributed by atoms with E-state index in [9.17, 15) is 9.36 Å². The molecule has 0 saturated carbocycles. The molecule has 0 fully saturated rings. The lowest BCUT2D eigenvalue weighted by Gasteiger charge is -2.21. The molecule has 0 aliphatic rings. The Morgan fingerprint density at radius 2 is 1.57 bits per heavy atom. The number of rotatable bonds is 17. The van der Waals surface area contributed by atoms with E-state index in [-0.39, 0.29) is 32.5 Å². The normalized spacial score (nSPS) is 12.0. The van der Waals surface area contributed by atoms with Crippen LogP contribution in [-0.2, 0) is 18.8 Å². The highest BCUT2D eigenvalue weighted by molar-refractivity contribution is 7.54. The third-order valence-electron chi connectivity index (χ3n) is 5.22. The molecular formula is C27H32N5O7P. The standard InChI is InChI=1S/C27H32N5O7P/c28-23-12-10-22(11-13-23)25-8-4-5-9-26(25)39-40(34,38-24-6-2-1-3-7-24)21-20-37-27(33)30-14-16-35-18-19-36-17-15-31-32-29/h1-13H,14-21,28H2,(H,30,33). The summed E-state index contributed by atoms with van der Waals surface area (Å²) in [5.74, 6) is 0.717. The molecule has 0 spiro atoms. The highest BCUT2D eigenvalue weighted by Crippen LogP contribution is 2.50. The molecule has 3 rings (SSSR count). The number of alkyl carbamates (subject to hydrolysis) is 1. The predicted octanol–water partition coefficient (Wildman–Crippen LogP) is 5.66. The van der Waals surface area contributed by atoms with Crippen molar-refractivity contribution in [2.45, 2.75) is 0 Å². The molecular weight excluding hydrogens is 537 g/mol. The van der Waals surface area contributed by atoms with E-state index in [0.29, 0.717) is 42.6 Å². The molecule has 0 bridgehead atoms. The molecule has 40 heavy (non-hydrogen) atoms. The third kappa shape index (κ3) is 10.9. The summed E-state index contributed by atoms with van der Waals surface area (Å²) in [6.45, 7) is 1.47. The van der Waals surface area contributed by atoms with Gasteiger partial charge in [0.1, 0.15) is 24.3 Å². The second kappa shape index (κ2) is 16.7. The highest BCUT2D eigenvalue weighted by Gasteiger charge is 2.30. The summed E-state index contributed by atoms with van der Waals surface area (Å²) in [5.41, 5.74) is 16.2. The molecule has 1 unspecified atom stereocenters. The van der Waals surface area contributed by atoms with Crippen LogP contribution in [0.3, 0.4) is 0 Å². The van der Waals surface area contributed by atoms with Gasteiger partial charge in [-0.05, 0) is 41.4 Å². The molecule has 3 aromatic rings. The molecule has 13 heteroatoms. The minimum atomic E-state index is -3.83. The summed E-state index contributed by atoms with van der Waals surface area (Å²) in [6.07, 6.45) is -0.877. The Kier molecular flexibility index (Phi) is 12.7. The monoisotopic (exact) mass is 569 g/mol. The zero-order valence-corrected chi connectivity index (χ0v) is 22.8. The summed E-state index contributed by atoms with van der Waals surface area (Å²) in [6, 6.07) is 23.0. The Labute approximate surface area is 232 Å². The Morgan fingerprint density at radius 3 is 2.33 bits per heavy atom. The number of amides is 1. The van der Waals surface area contributed by atoms with Crippen LogP contribution in [0.1, 0.15) is 0 Å². The van der Waals surface area contributed by atoms with Crippen molar-refractivity contribution in [2.75, 3.05) is 58.0 Å². The molecule has 3 N–H and O–H groups in total. The fourth-order valence-corrected chi connectivity index (χ4v) is 4.78. The van der Waals surface area contributed by atoms with E-state index < -0.39 is 13.7 Å². The number of nitrogens with one attached hydrogen (secondary N) is 1. The van der Waals surface area contributed by atoms with Crippen LogP contribution in [0.15, 0.2) is 84.0 Å². The van der Waals surface area contributed by atoms with Crippen LogP contribution in [0.2, 0.25) is 0 Å². The number of hydrogen-bond acceptors (Lipinski definition) is 9. The van der Waals surface area contributed by atoms with E-state index in [1.807, 2.05) is 30.3 Å². The topological polar surface area (TPSA) is 167 Å². The third-order valence-corrected chi connectivity index (χ3v) is 6.91. The van der Waals surface area contributed by atoms with Gasteiger partial charge in [0.05, 0.1) is 26.4 Å². The highest BCUT2D eigenvalue weighted by atomic mass is 31.2. The number of hydrogen-bond donors (Lipinski definition) is 2. The van der Waals surface area contributed by atoms with Crippen molar-refractivity contribution in [3.63, 3.8) is 0 Å². The first kappa shape index (κ1) is 30.3.